The van der Waals surface area contributed by atoms with Crippen LogP contribution in [0.4, 0.5) is 10.1 Å². The fourth-order valence-electron chi connectivity index (χ4n) is 1.92. The smallest absolute Gasteiger partial charge is 0.251 e. The molecule has 1 amide bonds. The highest BCUT2D eigenvalue weighted by molar-refractivity contribution is 7.98. The number of halogens is 1. The van der Waals surface area contributed by atoms with E-state index >= 15 is 0 Å². The Hall–Kier alpha value is -2.01. The van der Waals surface area contributed by atoms with Gasteiger partial charge in [-0.15, -0.1) is 11.8 Å². The third kappa shape index (κ3) is 3.76. The molecule has 110 valence electrons. The van der Waals surface area contributed by atoms with Crippen molar-refractivity contribution in [1.82, 2.24) is 5.32 Å². The predicted octanol–water partition coefficient (Wildman–Crippen LogP) is 3.62. The summed E-state index contributed by atoms with van der Waals surface area (Å²) >= 11 is 1.66. The number of hydrogen-bond acceptors (Lipinski definition) is 3. The SMILES string of the molecule is CSc1ccc(C(C)NC(=O)c2ccc(N)c(F)c2)cc1. The maximum Gasteiger partial charge on any atom is 0.251 e. The fourth-order valence-corrected chi connectivity index (χ4v) is 2.33. The predicted molar refractivity (Wildman–Crippen MR) is 84.9 cm³/mol. The van der Waals surface area contributed by atoms with Gasteiger partial charge < -0.3 is 11.1 Å². The van der Waals surface area contributed by atoms with Gasteiger partial charge in [0.25, 0.3) is 5.91 Å². The van der Waals surface area contributed by atoms with Gasteiger partial charge in [0.1, 0.15) is 5.82 Å². The number of thioether (sulfide) groups is 1. The van der Waals surface area contributed by atoms with Crippen molar-refractivity contribution in [2.45, 2.75) is 17.9 Å². The van der Waals surface area contributed by atoms with Gasteiger partial charge in [0.2, 0.25) is 0 Å². The number of anilines is 1. The van der Waals surface area contributed by atoms with Crippen LogP contribution in [0.3, 0.4) is 0 Å². The summed E-state index contributed by atoms with van der Waals surface area (Å²) in [5.41, 5.74) is 6.69. The molecule has 0 spiro atoms. The maximum absolute atomic E-state index is 13.4. The third-order valence-corrected chi connectivity index (χ3v) is 3.97. The van der Waals surface area contributed by atoms with Crippen molar-refractivity contribution in [2.24, 2.45) is 0 Å². The lowest BCUT2D eigenvalue weighted by atomic mass is 10.1. The van der Waals surface area contributed by atoms with Crippen molar-refractivity contribution >= 4 is 23.4 Å². The first kappa shape index (κ1) is 15.4. The molecule has 0 bridgehead atoms. The molecule has 2 aromatic rings. The van der Waals surface area contributed by atoms with E-state index in [-0.39, 0.29) is 23.2 Å². The number of nitrogen functional groups attached to an aromatic ring is 1. The van der Waals surface area contributed by atoms with Gasteiger partial charge in [-0.05, 0) is 49.1 Å². The van der Waals surface area contributed by atoms with Crippen LogP contribution in [0.1, 0.15) is 28.9 Å². The molecular weight excluding hydrogens is 287 g/mol. The van der Waals surface area contributed by atoms with Crippen LogP contribution in [0.15, 0.2) is 47.4 Å². The molecule has 5 heteroatoms. The number of carbonyl (C=O) groups is 1. The second-order valence-electron chi connectivity index (χ2n) is 4.70. The second-order valence-corrected chi connectivity index (χ2v) is 5.58. The number of nitrogens with one attached hydrogen (secondary N) is 1. The normalized spacial score (nSPS) is 12.0. The zero-order valence-electron chi connectivity index (χ0n) is 11.9. The first-order valence-corrected chi connectivity index (χ1v) is 7.73. The molecule has 2 aromatic carbocycles. The molecule has 3 N–H and O–H groups in total. The summed E-state index contributed by atoms with van der Waals surface area (Å²) in [6.45, 7) is 1.89. The van der Waals surface area contributed by atoms with Crippen molar-refractivity contribution < 1.29 is 9.18 Å². The highest BCUT2D eigenvalue weighted by atomic mass is 32.2. The molecule has 0 aromatic heterocycles. The molecule has 21 heavy (non-hydrogen) atoms. The minimum Gasteiger partial charge on any atom is -0.396 e. The molecule has 0 saturated carbocycles. The van der Waals surface area contributed by atoms with Crippen LogP contribution in [0.5, 0.6) is 0 Å². The van der Waals surface area contributed by atoms with Gasteiger partial charge in [-0.1, -0.05) is 12.1 Å². The molecule has 1 atom stereocenters. The van der Waals surface area contributed by atoms with Crippen LogP contribution in [-0.4, -0.2) is 12.2 Å². The molecule has 0 heterocycles. The Morgan fingerprint density at radius 2 is 1.90 bits per heavy atom. The van der Waals surface area contributed by atoms with Gasteiger partial charge in [-0.2, -0.15) is 0 Å². The van der Waals surface area contributed by atoms with Crippen LogP contribution in [-0.2, 0) is 0 Å². The quantitative estimate of drug-likeness (QED) is 0.670. The summed E-state index contributed by atoms with van der Waals surface area (Å²) in [4.78, 5) is 13.3. The first-order chi connectivity index (χ1) is 10.0. The van der Waals surface area contributed by atoms with Crippen molar-refractivity contribution in [2.75, 3.05) is 12.0 Å². The van der Waals surface area contributed by atoms with Gasteiger partial charge in [-0.25, -0.2) is 4.39 Å². The summed E-state index contributed by atoms with van der Waals surface area (Å²) in [6.07, 6.45) is 2.01. The summed E-state index contributed by atoms with van der Waals surface area (Å²) in [5.74, 6) is -0.907. The Bertz CT molecular complexity index is 643. The van der Waals surface area contributed by atoms with E-state index in [0.717, 1.165) is 16.5 Å². The summed E-state index contributed by atoms with van der Waals surface area (Å²) in [5, 5.41) is 2.84. The van der Waals surface area contributed by atoms with Crippen molar-refractivity contribution in [3.63, 3.8) is 0 Å². The van der Waals surface area contributed by atoms with Crippen molar-refractivity contribution in [1.29, 1.82) is 0 Å². The van der Waals surface area contributed by atoms with E-state index in [2.05, 4.69) is 5.32 Å². The third-order valence-electron chi connectivity index (χ3n) is 3.23. The zero-order chi connectivity index (χ0) is 15.4. The Kier molecular flexibility index (Phi) is 4.85. The van der Waals surface area contributed by atoms with Crippen molar-refractivity contribution in [3.8, 4) is 0 Å². The molecular formula is C16H17FN2OS. The summed E-state index contributed by atoms with van der Waals surface area (Å²) < 4.78 is 13.4. The standard InChI is InChI=1S/C16H17FN2OS/c1-10(11-3-6-13(21-2)7-4-11)19-16(20)12-5-8-15(18)14(17)9-12/h3-10H,18H2,1-2H3,(H,19,20). The highest BCUT2D eigenvalue weighted by Crippen LogP contribution is 2.19. The maximum atomic E-state index is 13.4. The van der Waals surface area contributed by atoms with E-state index in [1.807, 2.05) is 37.4 Å². The number of benzene rings is 2. The minimum absolute atomic E-state index is 0.0345. The van der Waals surface area contributed by atoms with Gasteiger partial charge in [0, 0.05) is 10.5 Å². The Balaban J connectivity index is 2.08. The lowest BCUT2D eigenvalue weighted by molar-refractivity contribution is 0.0939. The Morgan fingerprint density at radius 1 is 1.24 bits per heavy atom. The van der Waals surface area contributed by atoms with Gasteiger partial charge in [0.15, 0.2) is 0 Å². The minimum atomic E-state index is -0.584. The van der Waals surface area contributed by atoms with E-state index < -0.39 is 5.82 Å². The summed E-state index contributed by atoms with van der Waals surface area (Å²) in [6, 6.07) is 11.8. The molecule has 0 aliphatic heterocycles. The van der Waals surface area contributed by atoms with Crippen LogP contribution in [0.25, 0.3) is 0 Å². The molecule has 0 aliphatic carbocycles. The molecule has 0 fully saturated rings. The van der Waals surface area contributed by atoms with E-state index in [0.29, 0.717) is 0 Å². The molecule has 3 nitrogen and oxygen atoms in total. The van der Waals surface area contributed by atoms with Gasteiger partial charge in [-0.3, -0.25) is 4.79 Å². The van der Waals surface area contributed by atoms with E-state index in [1.165, 1.54) is 12.1 Å². The lowest BCUT2D eigenvalue weighted by Crippen LogP contribution is -2.26. The van der Waals surface area contributed by atoms with Crippen LogP contribution in [0, 0.1) is 5.82 Å². The number of carbonyl (C=O) groups excluding carboxylic acids is 1. The molecule has 0 radical (unpaired) electrons. The Morgan fingerprint density at radius 3 is 2.48 bits per heavy atom. The molecule has 2 rings (SSSR count). The Labute approximate surface area is 127 Å². The average molecular weight is 304 g/mol. The number of nitrogens with two attached hydrogens (primary N) is 1. The van der Waals surface area contributed by atoms with Gasteiger partial charge in [0.05, 0.1) is 11.7 Å². The van der Waals surface area contributed by atoms with E-state index in [4.69, 9.17) is 5.73 Å². The highest BCUT2D eigenvalue weighted by Gasteiger charge is 2.12. The van der Waals surface area contributed by atoms with Crippen LogP contribution >= 0.6 is 11.8 Å². The number of rotatable bonds is 4. The largest absolute Gasteiger partial charge is 0.396 e. The molecule has 0 aliphatic rings. The lowest BCUT2D eigenvalue weighted by Gasteiger charge is -2.15. The van der Waals surface area contributed by atoms with Crippen molar-refractivity contribution in [3.05, 3.63) is 59.4 Å². The number of hydrogen-bond donors (Lipinski definition) is 2. The summed E-state index contributed by atoms with van der Waals surface area (Å²) in [7, 11) is 0. The fraction of sp³-hybridized carbons (Fsp3) is 0.188. The topological polar surface area (TPSA) is 55.1 Å². The number of amides is 1. The molecule has 1 unspecified atom stereocenters. The zero-order valence-corrected chi connectivity index (χ0v) is 12.7. The second kappa shape index (κ2) is 6.63. The van der Waals surface area contributed by atoms with E-state index in [1.54, 1.807) is 11.8 Å². The van der Waals surface area contributed by atoms with Gasteiger partial charge >= 0.3 is 0 Å². The van der Waals surface area contributed by atoms with Crippen LogP contribution in [0.2, 0.25) is 0 Å². The first-order valence-electron chi connectivity index (χ1n) is 6.51. The average Bonchev–Trinajstić information content (AvgIpc) is 2.50. The van der Waals surface area contributed by atoms with E-state index in [9.17, 15) is 9.18 Å². The monoisotopic (exact) mass is 304 g/mol. The molecule has 0 saturated heterocycles. The van der Waals surface area contributed by atoms with Crippen LogP contribution < -0.4 is 11.1 Å².